The molecule has 0 spiro atoms. The first-order valence-corrected chi connectivity index (χ1v) is 7.05. The molecule has 0 radical (unpaired) electrons. The van der Waals surface area contributed by atoms with Gasteiger partial charge in [0.05, 0.1) is 0 Å². The fourth-order valence-corrected chi connectivity index (χ4v) is 3.16. The van der Waals surface area contributed by atoms with Gasteiger partial charge in [0.25, 0.3) is 0 Å². The Morgan fingerprint density at radius 3 is 2.53 bits per heavy atom. The van der Waals surface area contributed by atoms with Gasteiger partial charge in [0.2, 0.25) is 0 Å². The zero-order chi connectivity index (χ0) is 11.8. The Morgan fingerprint density at radius 2 is 1.88 bits per heavy atom. The molecular formula is C16H23N. The first-order chi connectivity index (χ1) is 8.24. The Balaban J connectivity index is 1.52. The second kappa shape index (κ2) is 4.45. The summed E-state index contributed by atoms with van der Waals surface area (Å²) in [6.07, 6.45) is 5.56. The van der Waals surface area contributed by atoms with Gasteiger partial charge in [0.1, 0.15) is 0 Å². The molecule has 2 aliphatic carbocycles. The lowest BCUT2D eigenvalue weighted by Crippen LogP contribution is -2.45. The predicted molar refractivity (Wildman–Crippen MR) is 72.3 cm³/mol. The average molecular weight is 229 g/mol. The van der Waals surface area contributed by atoms with Crippen molar-refractivity contribution in [2.75, 3.05) is 0 Å². The highest BCUT2D eigenvalue weighted by atomic mass is 15.0. The van der Waals surface area contributed by atoms with Crippen molar-refractivity contribution in [1.82, 2.24) is 5.32 Å². The van der Waals surface area contributed by atoms with Gasteiger partial charge in [-0.25, -0.2) is 0 Å². The third-order valence-electron chi connectivity index (χ3n) is 4.59. The first kappa shape index (κ1) is 11.3. The van der Waals surface area contributed by atoms with Crippen molar-refractivity contribution in [3.05, 3.63) is 35.4 Å². The number of aryl methyl sites for hydroxylation is 1. The Morgan fingerprint density at radius 1 is 1.18 bits per heavy atom. The predicted octanol–water partition coefficient (Wildman–Crippen LogP) is 3.63. The highest BCUT2D eigenvalue weighted by Crippen LogP contribution is 2.40. The third-order valence-corrected chi connectivity index (χ3v) is 4.59. The summed E-state index contributed by atoms with van der Waals surface area (Å²) in [4.78, 5) is 0. The van der Waals surface area contributed by atoms with Crippen molar-refractivity contribution in [2.24, 2.45) is 5.92 Å². The molecule has 17 heavy (non-hydrogen) atoms. The lowest BCUT2D eigenvalue weighted by atomic mass is 9.74. The molecule has 0 saturated heterocycles. The largest absolute Gasteiger partial charge is 0.311 e. The SMILES string of the molecule is Cc1ccccc1C1CC(NC(C)C2CC2)C1. The smallest absolute Gasteiger partial charge is 0.00813 e. The maximum absolute atomic E-state index is 3.80. The van der Waals surface area contributed by atoms with Gasteiger partial charge in [-0.15, -0.1) is 0 Å². The van der Waals surface area contributed by atoms with Crippen LogP contribution in [-0.2, 0) is 0 Å². The second-order valence-corrected chi connectivity index (χ2v) is 6.01. The van der Waals surface area contributed by atoms with E-state index in [0.29, 0.717) is 0 Å². The molecule has 1 atom stereocenters. The van der Waals surface area contributed by atoms with Crippen molar-refractivity contribution >= 4 is 0 Å². The van der Waals surface area contributed by atoms with E-state index in [2.05, 4.69) is 43.4 Å². The van der Waals surface area contributed by atoms with Crippen LogP contribution in [0.4, 0.5) is 0 Å². The summed E-state index contributed by atoms with van der Waals surface area (Å²) in [7, 11) is 0. The lowest BCUT2D eigenvalue weighted by molar-refractivity contribution is 0.260. The summed E-state index contributed by atoms with van der Waals surface area (Å²) in [5.74, 6) is 1.78. The molecule has 0 bridgehead atoms. The highest BCUT2D eigenvalue weighted by Gasteiger charge is 2.35. The fraction of sp³-hybridized carbons (Fsp3) is 0.625. The van der Waals surface area contributed by atoms with Gasteiger partial charge in [0, 0.05) is 12.1 Å². The summed E-state index contributed by atoms with van der Waals surface area (Å²) < 4.78 is 0. The monoisotopic (exact) mass is 229 g/mol. The van der Waals surface area contributed by atoms with Crippen molar-refractivity contribution < 1.29 is 0 Å². The minimum Gasteiger partial charge on any atom is -0.311 e. The zero-order valence-corrected chi connectivity index (χ0v) is 10.9. The topological polar surface area (TPSA) is 12.0 Å². The van der Waals surface area contributed by atoms with E-state index in [1.165, 1.54) is 31.2 Å². The van der Waals surface area contributed by atoms with E-state index in [4.69, 9.17) is 0 Å². The minimum atomic E-state index is 0.748. The average Bonchev–Trinajstić information content (AvgIpc) is 3.07. The molecule has 0 aromatic heterocycles. The van der Waals surface area contributed by atoms with E-state index in [1.54, 1.807) is 5.56 Å². The Hall–Kier alpha value is -0.820. The van der Waals surface area contributed by atoms with Crippen LogP contribution in [-0.4, -0.2) is 12.1 Å². The van der Waals surface area contributed by atoms with Crippen LogP contribution in [0.15, 0.2) is 24.3 Å². The van der Waals surface area contributed by atoms with Gasteiger partial charge in [0.15, 0.2) is 0 Å². The van der Waals surface area contributed by atoms with Gasteiger partial charge in [-0.1, -0.05) is 24.3 Å². The molecule has 1 aromatic carbocycles. The molecule has 1 heteroatoms. The standard InChI is InChI=1S/C16H23N/c1-11-5-3-4-6-16(11)14-9-15(10-14)17-12(2)13-7-8-13/h3-6,12-15,17H,7-10H2,1-2H3. The molecule has 0 heterocycles. The highest BCUT2D eigenvalue weighted by molar-refractivity contribution is 5.31. The Kier molecular flexibility index (Phi) is 2.96. The van der Waals surface area contributed by atoms with E-state index >= 15 is 0 Å². The maximum Gasteiger partial charge on any atom is 0.00813 e. The number of benzene rings is 1. The number of nitrogens with one attached hydrogen (secondary N) is 1. The van der Waals surface area contributed by atoms with Crippen LogP contribution < -0.4 is 5.32 Å². The molecule has 2 fully saturated rings. The Labute approximate surface area is 105 Å². The number of hydrogen-bond donors (Lipinski definition) is 1. The van der Waals surface area contributed by atoms with E-state index in [1.807, 2.05) is 0 Å². The molecule has 1 N–H and O–H groups in total. The van der Waals surface area contributed by atoms with Crippen molar-refractivity contribution in [3.63, 3.8) is 0 Å². The third kappa shape index (κ3) is 2.40. The van der Waals surface area contributed by atoms with E-state index in [9.17, 15) is 0 Å². The molecule has 2 aliphatic rings. The molecule has 2 saturated carbocycles. The minimum absolute atomic E-state index is 0.748. The molecule has 92 valence electrons. The van der Waals surface area contributed by atoms with Crippen LogP contribution in [0.5, 0.6) is 0 Å². The van der Waals surface area contributed by atoms with Crippen LogP contribution in [0.3, 0.4) is 0 Å². The van der Waals surface area contributed by atoms with Gasteiger partial charge in [-0.3, -0.25) is 0 Å². The molecule has 1 unspecified atom stereocenters. The van der Waals surface area contributed by atoms with Gasteiger partial charge >= 0.3 is 0 Å². The quantitative estimate of drug-likeness (QED) is 0.831. The van der Waals surface area contributed by atoms with Crippen molar-refractivity contribution in [3.8, 4) is 0 Å². The van der Waals surface area contributed by atoms with Crippen LogP contribution in [0, 0.1) is 12.8 Å². The first-order valence-electron chi connectivity index (χ1n) is 7.05. The van der Waals surface area contributed by atoms with Crippen molar-refractivity contribution in [1.29, 1.82) is 0 Å². The van der Waals surface area contributed by atoms with Crippen LogP contribution in [0.2, 0.25) is 0 Å². The molecule has 3 rings (SSSR count). The van der Waals surface area contributed by atoms with Crippen molar-refractivity contribution in [2.45, 2.75) is 57.5 Å². The Bertz CT molecular complexity index is 388. The van der Waals surface area contributed by atoms with Crippen LogP contribution in [0.1, 0.15) is 49.7 Å². The normalized spacial score (nSPS) is 29.8. The number of hydrogen-bond acceptors (Lipinski definition) is 1. The lowest BCUT2D eigenvalue weighted by Gasteiger charge is -2.39. The van der Waals surface area contributed by atoms with E-state index < -0.39 is 0 Å². The molecule has 0 aliphatic heterocycles. The summed E-state index contributed by atoms with van der Waals surface area (Å²) >= 11 is 0. The molecule has 0 amide bonds. The molecule has 1 nitrogen and oxygen atoms in total. The summed E-state index contributed by atoms with van der Waals surface area (Å²) in [5.41, 5.74) is 3.04. The van der Waals surface area contributed by atoms with E-state index in [0.717, 1.165) is 23.9 Å². The fourth-order valence-electron chi connectivity index (χ4n) is 3.16. The van der Waals surface area contributed by atoms with Gasteiger partial charge in [-0.2, -0.15) is 0 Å². The summed E-state index contributed by atoms with van der Waals surface area (Å²) in [6, 6.07) is 10.4. The van der Waals surface area contributed by atoms with Crippen LogP contribution in [0.25, 0.3) is 0 Å². The summed E-state index contributed by atoms with van der Waals surface area (Å²) in [5, 5.41) is 3.80. The summed E-state index contributed by atoms with van der Waals surface area (Å²) in [6.45, 7) is 4.60. The van der Waals surface area contributed by atoms with E-state index in [-0.39, 0.29) is 0 Å². The maximum atomic E-state index is 3.80. The molecular weight excluding hydrogens is 206 g/mol. The van der Waals surface area contributed by atoms with Gasteiger partial charge in [-0.05, 0) is 62.5 Å². The zero-order valence-electron chi connectivity index (χ0n) is 10.9. The van der Waals surface area contributed by atoms with Crippen LogP contribution >= 0.6 is 0 Å². The molecule has 1 aromatic rings. The number of rotatable bonds is 4. The second-order valence-electron chi connectivity index (χ2n) is 6.01. The van der Waals surface area contributed by atoms with Gasteiger partial charge < -0.3 is 5.32 Å².